The number of hydrogen-bond acceptors (Lipinski definition) is 4. The van der Waals surface area contributed by atoms with E-state index in [1.807, 2.05) is 72.6 Å². The Morgan fingerprint density at radius 3 is 2.40 bits per heavy atom. The quantitative estimate of drug-likeness (QED) is 0.702. The van der Waals surface area contributed by atoms with Crippen LogP contribution in [0.4, 0.5) is 17.3 Å². The summed E-state index contributed by atoms with van der Waals surface area (Å²) in [4.78, 5) is 14.1. The molecule has 3 rings (SSSR count). The van der Waals surface area contributed by atoms with Gasteiger partial charge in [0, 0.05) is 17.2 Å². The van der Waals surface area contributed by atoms with Gasteiger partial charge in [-0.25, -0.2) is 0 Å². The monoisotopic (exact) mass is 396 g/mol. The van der Waals surface area contributed by atoms with Crippen LogP contribution in [-0.2, 0) is 11.2 Å². The average Bonchev–Trinajstić information content (AvgIpc) is 2.64. The molecule has 0 saturated carbocycles. The summed E-state index contributed by atoms with van der Waals surface area (Å²) in [6.45, 7) is 0. The molecular weight excluding hydrogens is 380 g/mol. The van der Waals surface area contributed by atoms with E-state index in [0.717, 1.165) is 15.7 Å². The normalized spacial score (nSPS) is 10.3. The van der Waals surface area contributed by atoms with E-state index in [2.05, 4.69) is 31.4 Å². The number of aromatic nitrogens is 2. The highest BCUT2D eigenvalue weighted by atomic mass is 79.9. The van der Waals surface area contributed by atoms with Crippen molar-refractivity contribution in [3.63, 3.8) is 0 Å². The fourth-order valence-electron chi connectivity index (χ4n) is 2.36. The standard InChI is InChI=1S/C19H17BrN4O/c1-24(15-8-3-2-4-9-15)18-12-11-17(22-23-18)21-19(25)13-14-7-5-6-10-16(14)20/h2-12H,13H2,1H3,(H,21,22,25). The van der Waals surface area contributed by atoms with E-state index in [1.54, 1.807) is 6.07 Å². The van der Waals surface area contributed by atoms with Crippen molar-refractivity contribution < 1.29 is 4.79 Å². The van der Waals surface area contributed by atoms with Gasteiger partial charge in [-0.3, -0.25) is 4.79 Å². The zero-order chi connectivity index (χ0) is 17.6. The van der Waals surface area contributed by atoms with Gasteiger partial charge in [0.15, 0.2) is 11.6 Å². The highest BCUT2D eigenvalue weighted by molar-refractivity contribution is 9.10. The largest absolute Gasteiger partial charge is 0.328 e. The molecule has 6 heteroatoms. The summed E-state index contributed by atoms with van der Waals surface area (Å²) >= 11 is 3.44. The van der Waals surface area contributed by atoms with Crippen molar-refractivity contribution in [2.24, 2.45) is 0 Å². The third kappa shape index (κ3) is 4.42. The lowest BCUT2D eigenvalue weighted by Gasteiger charge is -2.17. The molecule has 0 unspecified atom stereocenters. The molecule has 0 atom stereocenters. The van der Waals surface area contributed by atoms with E-state index in [1.165, 1.54) is 0 Å². The molecule has 0 radical (unpaired) electrons. The fourth-order valence-corrected chi connectivity index (χ4v) is 2.78. The minimum Gasteiger partial charge on any atom is -0.328 e. The van der Waals surface area contributed by atoms with E-state index in [9.17, 15) is 4.79 Å². The van der Waals surface area contributed by atoms with Gasteiger partial charge in [0.25, 0.3) is 0 Å². The lowest BCUT2D eigenvalue weighted by Crippen LogP contribution is -2.17. The Labute approximate surface area is 154 Å². The number of benzene rings is 2. The Morgan fingerprint density at radius 2 is 1.72 bits per heavy atom. The van der Waals surface area contributed by atoms with Gasteiger partial charge in [-0.1, -0.05) is 52.3 Å². The number of halogens is 1. The summed E-state index contributed by atoms with van der Waals surface area (Å²) in [5, 5.41) is 11.1. The predicted molar refractivity (Wildman–Crippen MR) is 103 cm³/mol. The lowest BCUT2D eigenvalue weighted by molar-refractivity contribution is -0.115. The minimum absolute atomic E-state index is 0.134. The number of carbonyl (C=O) groups is 1. The van der Waals surface area contributed by atoms with Gasteiger partial charge in [0.2, 0.25) is 5.91 Å². The second-order valence-corrected chi connectivity index (χ2v) is 6.34. The summed E-state index contributed by atoms with van der Waals surface area (Å²) < 4.78 is 0.913. The Morgan fingerprint density at radius 1 is 1.00 bits per heavy atom. The van der Waals surface area contributed by atoms with Crippen LogP contribution in [-0.4, -0.2) is 23.2 Å². The third-order valence-electron chi connectivity index (χ3n) is 3.71. The average molecular weight is 397 g/mol. The van der Waals surface area contributed by atoms with Gasteiger partial charge in [0.1, 0.15) is 0 Å². The molecule has 1 N–H and O–H groups in total. The molecule has 0 spiro atoms. The number of anilines is 3. The summed E-state index contributed by atoms with van der Waals surface area (Å²) in [5.74, 6) is 1.00. The smallest absolute Gasteiger partial charge is 0.230 e. The highest BCUT2D eigenvalue weighted by Crippen LogP contribution is 2.21. The van der Waals surface area contributed by atoms with E-state index in [4.69, 9.17) is 0 Å². The molecular formula is C19H17BrN4O. The minimum atomic E-state index is -0.134. The Hall–Kier alpha value is -2.73. The van der Waals surface area contributed by atoms with Crippen molar-refractivity contribution in [2.75, 3.05) is 17.3 Å². The zero-order valence-electron chi connectivity index (χ0n) is 13.7. The molecule has 0 bridgehead atoms. The van der Waals surface area contributed by atoms with Gasteiger partial charge < -0.3 is 10.2 Å². The Kier molecular flexibility index (Phi) is 5.40. The van der Waals surface area contributed by atoms with Crippen LogP contribution in [0.5, 0.6) is 0 Å². The molecule has 2 aromatic carbocycles. The van der Waals surface area contributed by atoms with Crippen molar-refractivity contribution in [3.8, 4) is 0 Å². The number of nitrogens with zero attached hydrogens (tertiary/aromatic N) is 3. The molecule has 25 heavy (non-hydrogen) atoms. The molecule has 0 aliphatic heterocycles. The van der Waals surface area contributed by atoms with Crippen molar-refractivity contribution in [1.29, 1.82) is 0 Å². The Balaban J connectivity index is 1.64. The number of amides is 1. The molecule has 0 saturated heterocycles. The van der Waals surface area contributed by atoms with Gasteiger partial charge in [-0.05, 0) is 35.9 Å². The molecule has 1 heterocycles. The van der Waals surface area contributed by atoms with Crippen molar-refractivity contribution in [3.05, 3.63) is 76.8 Å². The first-order valence-electron chi connectivity index (χ1n) is 7.79. The van der Waals surface area contributed by atoms with Gasteiger partial charge >= 0.3 is 0 Å². The first-order valence-corrected chi connectivity index (χ1v) is 8.58. The molecule has 126 valence electrons. The summed E-state index contributed by atoms with van der Waals surface area (Å²) in [6, 6.07) is 21.1. The molecule has 0 aliphatic rings. The van der Waals surface area contributed by atoms with Crippen LogP contribution in [0.3, 0.4) is 0 Å². The van der Waals surface area contributed by atoms with Crippen LogP contribution in [0.1, 0.15) is 5.56 Å². The molecule has 1 aromatic heterocycles. The van der Waals surface area contributed by atoms with Crippen molar-refractivity contribution in [1.82, 2.24) is 10.2 Å². The first-order chi connectivity index (χ1) is 12.1. The molecule has 0 aliphatic carbocycles. The predicted octanol–water partition coefficient (Wildman–Crippen LogP) is 4.19. The highest BCUT2D eigenvalue weighted by Gasteiger charge is 2.09. The van der Waals surface area contributed by atoms with Gasteiger partial charge in [0.05, 0.1) is 6.42 Å². The SMILES string of the molecule is CN(c1ccccc1)c1ccc(NC(=O)Cc2ccccc2Br)nn1. The summed E-state index contributed by atoms with van der Waals surface area (Å²) in [6.07, 6.45) is 0.273. The van der Waals surface area contributed by atoms with E-state index >= 15 is 0 Å². The van der Waals surface area contributed by atoms with Gasteiger partial charge in [-0.15, -0.1) is 10.2 Å². The molecule has 1 amide bonds. The number of hydrogen-bond donors (Lipinski definition) is 1. The van der Waals surface area contributed by atoms with Gasteiger partial charge in [-0.2, -0.15) is 0 Å². The van der Waals surface area contributed by atoms with Crippen LogP contribution < -0.4 is 10.2 Å². The second-order valence-electron chi connectivity index (χ2n) is 5.49. The number of nitrogens with one attached hydrogen (secondary N) is 1. The number of carbonyl (C=O) groups excluding carboxylic acids is 1. The lowest BCUT2D eigenvalue weighted by atomic mass is 10.1. The zero-order valence-corrected chi connectivity index (χ0v) is 15.3. The Bertz CT molecular complexity index is 853. The van der Waals surface area contributed by atoms with Crippen LogP contribution in [0, 0.1) is 0 Å². The van der Waals surface area contributed by atoms with Crippen LogP contribution in [0.25, 0.3) is 0 Å². The van der Waals surface area contributed by atoms with E-state index < -0.39 is 0 Å². The molecule has 3 aromatic rings. The maximum atomic E-state index is 12.2. The molecule has 5 nitrogen and oxygen atoms in total. The van der Waals surface area contributed by atoms with Crippen LogP contribution in [0.2, 0.25) is 0 Å². The third-order valence-corrected chi connectivity index (χ3v) is 4.49. The summed E-state index contributed by atoms with van der Waals surface area (Å²) in [7, 11) is 1.92. The van der Waals surface area contributed by atoms with E-state index in [-0.39, 0.29) is 12.3 Å². The number of para-hydroxylation sites is 1. The first kappa shape index (κ1) is 17.1. The van der Waals surface area contributed by atoms with Crippen molar-refractivity contribution >= 4 is 39.2 Å². The second kappa shape index (κ2) is 7.90. The topological polar surface area (TPSA) is 58.1 Å². The van der Waals surface area contributed by atoms with Crippen LogP contribution in [0.15, 0.2) is 71.2 Å². The molecule has 0 fully saturated rings. The van der Waals surface area contributed by atoms with E-state index in [0.29, 0.717) is 11.6 Å². The summed E-state index contributed by atoms with van der Waals surface area (Å²) in [5.41, 5.74) is 1.94. The maximum absolute atomic E-state index is 12.2. The fraction of sp³-hybridized carbons (Fsp3) is 0.105. The maximum Gasteiger partial charge on any atom is 0.230 e. The van der Waals surface area contributed by atoms with Crippen LogP contribution >= 0.6 is 15.9 Å². The van der Waals surface area contributed by atoms with Crippen molar-refractivity contribution in [2.45, 2.75) is 6.42 Å². The number of rotatable bonds is 5.